The van der Waals surface area contributed by atoms with Crippen LogP contribution in [0.1, 0.15) is 151 Å². The van der Waals surface area contributed by atoms with Crippen molar-refractivity contribution in [2.75, 3.05) is 39.4 Å². The molecule has 0 spiro atoms. The van der Waals surface area contributed by atoms with Gasteiger partial charge in [-0.2, -0.15) is 0 Å². The van der Waals surface area contributed by atoms with E-state index < -0.39 is 12.2 Å². The van der Waals surface area contributed by atoms with Crippen LogP contribution in [-0.4, -0.2) is 74.0 Å². The van der Waals surface area contributed by atoms with Crippen LogP contribution in [0.5, 0.6) is 0 Å². The van der Waals surface area contributed by atoms with Crippen molar-refractivity contribution in [3.8, 4) is 22.3 Å². The van der Waals surface area contributed by atoms with Crippen molar-refractivity contribution in [3.05, 3.63) is 119 Å². The predicted octanol–water partition coefficient (Wildman–Crippen LogP) is 13.2. The first-order valence-corrected chi connectivity index (χ1v) is 23.6. The molecule has 8 heteroatoms. The van der Waals surface area contributed by atoms with E-state index in [0.717, 1.165) is 38.3 Å². The highest BCUT2D eigenvalue weighted by atomic mass is 16.6. The second-order valence-corrected chi connectivity index (χ2v) is 16.8. The first kappa shape index (κ1) is 47.8. The molecule has 4 aromatic carbocycles. The molecule has 4 aromatic rings. The number of carbonyl (C=O) groups is 4. The van der Waals surface area contributed by atoms with E-state index in [9.17, 15) is 19.2 Å². The molecule has 0 aromatic heterocycles. The minimum Gasteiger partial charge on any atom is -0.448 e. The fraction of sp³-hybridized carbons (Fsp3) is 0.481. The average Bonchev–Trinajstić information content (AvgIpc) is 3.80. The summed E-state index contributed by atoms with van der Waals surface area (Å²) in [6, 6.07) is 33.2. The van der Waals surface area contributed by atoms with E-state index in [0.29, 0.717) is 26.3 Å². The molecule has 0 fully saturated rings. The van der Waals surface area contributed by atoms with Gasteiger partial charge in [-0.05, 0) is 57.3 Å². The monoisotopic (exact) mass is 843 g/mol. The smallest absolute Gasteiger partial charge is 0.410 e. The lowest BCUT2D eigenvalue weighted by Gasteiger charge is -2.21. The molecule has 6 rings (SSSR count). The lowest BCUT2D eigenvalue weighted by atomic mass is 9.98. The molecule has 0 heterocycles. The van der Waals surface area contributed by atoms with E-state index >= 15 is 0 Å². The summed E-state index contributed by atoms with van der Waals surface area (Å²) >= 11 is 0. The summed E-state index contributed by atoms with van der Waals surface area (Å²) < 4.78 is 11.4. The van der Waals surface area contributed by atoms with E-state index in [-0.39, 0.29) is 24.9 Å². The van der Waals surface area contributed by atoms with Crippen molar-refractivity contribution in [2.24, 2.45) is 0 Å². The van der Waals surface area contributed by atoms with E-state index in [1.807, 2.05) is 48.5 Å². The number of hydrogen-bond donors (Lipinski definition) is 0. The molecule has 0 aliphatic heterocycles. The Bertz CT molecular complexity index is 1750. The van der Waals surface area contributed by atoms with Gasteiger partial charge in [0, 0.05) is 24.9 Å². The van der Waals surface area contributed by atoms with E-state index in [1.165, 1.54) is 131 Å². The second-order valence-electron chi connectivity index (χ2n) is 16.8. The van der Waals surface area contributed by atoms with Gasteiger partial charge in [-0.25, -0.2) is 9.59 Å². The molecule has 0 unspecified atom stereocenters. The van der Waals surface area contributed by atoms with Gasteiger partial charge in [0.15, 0.2) is 0 Å². The molecule has 0 saturated heterocycles. The highest BCUT2D eigenvalue weighted by molar-refractivity contribution is 5.80. The lowest BCUT2D eigenvalue weighted by Crippen LogP contribution is -2.35. The van der Waals surface area contributed by atoms with Gasteiger partial charge in [0.2, 0.25) is 0 Å². The summed E-state index contributed by atoms with van der Waals surface area (Å²) in [6.07, 6.45) is 20.0. The number of ether oxygens (including phenoxy) is 2. The van der Waals surface area contributed by atoms with Gasteiger partial charge in [0.25, 0.3) is 0 Å². The Hall–Kier alpha value is -5.24. The summed E-state index contributed by atoms with van der Waals surface area (Å²) in [5, 5.41) is 0. The van der Waals surface area contributed by atoms with Crippen molar-refractivity contribution in [3.63, 3.8) is 0 Å². The molecule has 332 valence electrons. The minimum atomic E-state index is -0.392. The van der Waals surface area contributed by atoms with Crippen molar-refractivity contribution in [2.45, 2.75) is 128 Å². The van der Waals surface area contributed by atoms with Gasteiger partial charge in [-0.1, -0.05) is 201 Å². The predicted molar refractivity (Wildman–Crippen MR) is 251 cm³/mol. The van der Waals surface area contributed by atoms with Crippen LogP contribution >= 0.6 is 0 Å². The number of fused-ring (bicyclic) bond motifs is 6. The normalized spacial score (nSPS) is 12.3. The number of benzene rings is 4. The third kappa shape index (κ3) is 13.9. The van der Waals surface area contributed by atoms with E-state index in [2.05, 4.69) is 62.4 Å². The highest BCUT2D eigenvalue weighted by Crippen LogP contribution is 2.45. The molecule has 2 amide bonds. The van der Waals surface area contributed by atoms with E-state index in [4.69, 9.17) is 9.47 Å². The van der Waals surface area contributed by atoms with Gasteiger partial charge in [0.05, 0.1) is 13.1 Å². The number of amides is 2. The Labute approximate surface area is 371 Å². The quantitative estimate of drug-likeness (QED) is 0.0462. The van der Waals surface area contributed by atoms with Crippen molar-refractivity contribution < 1.29 is 28.7 Å². The Morgan fingerprint density at radius 3 is 1.00 bits per heavy atom. The van der Waals surface area contributed by atoms with Crippen LogP contribution in [-0.2, 0) is 19.1 Å². The van der Waals surface area contributed by atoms with Crippen LogP contribution in [0, 0.1) is 0 Å². The van der Waals surface area contributed by atoms with Crippen molar-refractivity contribution in [1.29, 1.82) is 0 Å². The standard InChI is InChI=1S/2C27H35NO3/c2*1-2-3-4-5-6-7-8-13-18-28(19-20-29)27(30)31-21-26-24-16-11-9-14-22(24)23-15-10-12-17-25(23)26/h2*9-12,14-17,20,26H,2-8,13,18-19,21H2,1H3. The fourth-order valence-electron chi connectivity index (χ4n) is 8.94. The Morgan fingerprint density at radius 2 is 0.710 bits per heavy atom. The average molecular weight is 843 g/mol. The van der Waals surface area contributed by atoms with Crippen molar-refractivity contribution in [1.82, 2.24) is 9.80 Å². The number of rotatable bonds is 26. The zero-order chi connectivity index (χ0) is 43.8. The van der Waals surface area contributed by atoms with Gasteiger partial charge in [-0.15, -0.1) is 0 Å². The molecular formula is C54H70N2O6. The zero-order valence-corrected chi connectivity index (χ0v) is 37.4. The minimum absolute atomic E-state index is 0.0394. The molecule has 0 N–H and O–H groups in total. The topological polar surface area (TPSA) is 93.2 Å². The van der Waals surface area contributed by atoms with Gasteiger partial charge >= 0.3 is 12.2 Å². The first-order valence-electron chi connectivity index (χ1n) is 23.6. The number of carbonyl (C=O) groups excluding carboxylic acids is 4. The Kier molecular flexibility index (Phi) is 20.8. The van der Waals surface area contributed by atoms with Crippen LogP contribution in [0.25, 0.3) is 22.3 Å². The van der Waals surface area contributed by atoms with Crippen LogP contribution in [0.15, 0.2) is 97.1 Å². The van der Waals surface area contributed by atoms with E-state index in [1.54, 1.807) is 0 Å². The molecule has 8 nitrogen and oxygen atoms in total. The maximum absolute atomic E-state index is 12.7. The Morgan fingerprint density at radius 1 is 0.435 bits per heavy atom. The third-order valence-corrected chi connectivity index (χ3v) is 12.3. The number of aldehydes is 2. The zero-order valence-electron chi connectivity index (χ0n) is 37.4. The Balaban J connectivity index is 0.000000234. The number of nitrogens with zero attached hydrogens (tertiary/aromatic N) is 2. The molecule has 2 aliphatic rings. The summed E-state index contributed by atoms with van der Waals surface area (Å²) in [6.45, 7) is 6.37. The summed E-state index contributed by atoms with van der Waals surface area (Å²) in [4.78, 5) is 50.7. The highest BCUT2D eigenvalue weighted by Gasteiger charge is 2.31. The molecule has 0 atom stereocenters. The van der Waals surface area contributed by atoms with Gasteiger partial charge < -0.3 is 28.9 Å². The molecule has 0 saturated carbocycles. The second kappa shape index (κ2) is 27.0. The first-order chi connectivity index (χ1) is 30.5. The SMILES string of the molecule is CCCCCCCCCCN(CC=O)C(=O)OCC1c2ccccc2-c2ccccc21.CCCCCCCCCCN(CC=O)C(=O)OCC1c2ccccc2-c2ccccc21. The van der Waals surface area contributed by atoms with Crippen molar-refractivity contribution >= 4 is 24.8 Å². The maximum Gasteiger partial charge on any atom is 0.410 e. The molecule has 62 heavy (non-hydrogen) atoms. The fourth-order valence-corrected chi connectivity index (χ4v) is 8.94. The third-order valence-electron chi connectivity index (χ3n) is 12.3. The number of unbranched alkanes of at least 4 members (excludes halogenated alkanes) is 14. The van der Waals surface area contributed by atoms with Crippen LogP contribution < -0.4 is 0 Å². The molecular weight excluding hydrogens is 773 g/mol. The van der Waals surface area contributed by atoms with Crippen LogP contribution in [0.2, 0.25) is 0 Å². The molecule has 0 radical (unpaired) electrons. The number of hydrogen-bond acceptors (Lipinski definition) is 6. The van der Waals surface area contributed by atoms with Gasteiger partial charge in [-0.3, -0.25) is 0 Å². The lowest BCUT2D eigenvalue weighted by molar-refractivity contribution is -0.109. The maximum atomic E-state index is 12.7. The summed E-state index contributed by atoms with van der Waals surface area (Å²) in [5.74, 6) is 0.0788. The largest absolute Gasteiger partial charge is 0.448 e. The van der Waals surface area contributed by atoms with Crippen LogP contribution in [0.3, 0.4) is 0 Å². The van der Waals surface area contributed by atoms with Gasteiger partial charge in [0.1, 0.15) is 25.8 Å². The van der Waals surface area contributed by atoms with Crippen LogP contribution in [0.4, 0.5) is 9.59 Å². The molecule has 2 aliphatic carbocycles. The summed E-state index contributed by atoms with van der Waals surface area (Å²) in [5.41, 5.74) is 9.63. The summed E-state index contributed by atoms with van der Waals surface area (Å²) in [7, 11) is 0. The molecule has 0 bridgehead atoms.